The van der Waals surface area contributed by atoms with Crippen LogP contribution in [0.2, 0.25) is 0 Å². The first-order valence-electron chi connectivity index (χ1n) is 7.51. The maximum Gasteiger partial charge on any atom is 0.319 e. The van der Waals surface area contributed by atoms with Gasteiger partial charge in [-0.25, -0.2) is 4.79 Å². The van der Waals surface area contributed by atoms with E-state index in [0.29, 0.717) is 11.4 Å². The zero-order chi connectivity index (χ0) is 17.7. The first kappa shape index (κ1) is 17.3. The van der Waals surface area contributed by atoms with E-state index in [1.54, 1.807) is 37.4 Å². The van der Waals surface area contributed by atoms with Crippen LogP contribution in [0.15, 0.2) is 47.4 Å². The van der Waals surface area contributed by atoms with Crippen LogP contribution in [0, 0.1) is 0 Å². The number of rotatable bonds is 4. The summed E-state index contributed by atoms with van der Waals surface area (Å²) in [6.07, 6.45) is 1.53. The Kier molecular flexibility index (Phi) is 5.36. The third-order valence-corrected chi connectivity index (χ3v) is 3.21. The van der Waals surface area contributed by atoms with Gasteiger partial charge in [-0.15, -0.1) is 0 Å². The molecule has 126 valence electrons. The van der Waals surface area contributed by atoms with E-state index in [9.17, 15) is 14.4 Å². The minimum Gasteiger partial charge on any atom is -0.336 e. The fourth-order valence-electron chi connectivity index (χ4n) is 2.01. The van der Waals surface area contributed by atoms with Crippen LogP contribution in [0.5, 0.6) is 0 Å². The molecule has 3 N–H and O–H groups in total. The summed E-state index contributed by atoms with van der Waals surface area (Å²) in [7, 11) is 1.61. The van der Waals surface area contributed by atoms with Gasteiger partial charge in [0.15, 0.2) is 0 Å². The van der Waals surface area contributed by atoms with E-state index in [4.69, 9.17) is 0 Å². The number of para-hydroxylation sites is 2. The van der Waals surface area contributed by atoms with Crippen LogP contribution >= 0.6 is 0 Å². The summed E-state index contributed by atoms with van der Waals surface area (Å²) in [5, 5.41) is 8.10. The fraction of sp³-hybridized carbons (Fsp3) is 0.235. The Labute approximate surface area is 139 Å². The number of benzene rings is 1. The second kappa shape index (κ2) is 7.45. The molecule has 7 heteroatoms. The number of amides is 3. The SMILES string of the molecule is CC(C)NC(=O)Nc1ccccc1NC(=O)c1ccn(C)c(=O)c1. The number of urea groups is 1. The monoisotopic (exact) mass is 328 g/mol. The van der Waals surface area contributed by atoms with Crippen molar-refractivity contribution in [2.75, 3.05) is 10.6 Å². The molecule has 0 aliphatic rings. The third kappa shape index (κ3) is 4.45. The molecule has 0 aliphatic heterocycles. The van der Waals surface area contributed by atoms with E-state index < -0.39 is 5.91 Å². The number of anilines is 2. The summed E-state index contributed by atoms with van der Waals surface area (Å²) in [6, 6.07) is 9.29. The molecule has 0 radical (unpaired) electrons. The molecule has 0 spiro atoms. The van der Waals surface area contributed by atoms with Crippen molar-refractivity contribution >= 4 is 23.3 Å². The van der Waals surface area contributed by atoms with Crippen molar-refractivity contribution < 1.29 is 9.59 Å². The molecule has 24 heavy (non-hydrogen) atoms. The van der Waals surface area contributed by atoms with Gasteiger partial charge in [0.2, 0.25) is 0 Å². The lowest BCUT2D eigenvalue weighted by Gasteiger charge is -2.14. The average Bonchev–Trinajstić information content (AvgIpc) is 2.51. The normalized spacial score (nSPS) is 10.3. The smallest absolute Gasteiger partial charge is 0.319 e. The van der Waals surface area contributed by atoms with Gasteiger partial charge in [-0.1, -0.05) is 12.1 Å². The summed E-state index contributed by atoms with van der Waals surface area (Å²) < 4.78 is 1.38. The van der Waals surface area contributed by atoms with Crippen molar-refractivity contribution in [1.82, 2.24) is 9.88 Å². The molecule has 0 bridgehead atoms. The average molecular weight is 328 g/mol. The van der Waals surface area contributed by atoms with Crippen LogP contribution in [0.1, 0.15) is 24.2 Å². The van der Waals surface area contributed by atoms with Crippen LogP contribution in [0.4, 0.5) is 16.2 Å². The van der Waals surface area contributed by atoms with E-state index in [1.807, 2.05) is 13.8 Å². The Morgan fingerprint density at radius 3 is 2.25 bits per heavy atom. The molecule has 0 fully saturated rings. The molecule has 0 unspecified atom stereocenters. The molecule has 0 saturated carbocycles. The minimum absolute atomic E-state index is 0.00714. The Bertz CT molecular complexity index is 811. The standard InChI is InChI=1S/C17H20N4O3/c1-11(2)18-17(24)20-14-7-5-4-6-13(14)19-16(23)12-8-9-21(3)15(22)10-12/h4-11H,1-3H3,(H,19,23)(H2,18,20,24). The number of pyridine rings is 1. The van der Waals surface area contributed by atoms with E-state index >= 15 is 0 Å². The lowest BCUT2D eigenvalue weighted by Crippen LogP contribution is -2.34. The van der Waals surface area contributed by atoms with E-state index in [0.717, 1.165) is 0 Å². The van der Waals surface area contributed by atoms with Crippen molar-refractivity contribution in [3.8, 4) is 0 Å². The number of aromatic nitrogens is 1. The quantitative estimate of drug-likeness (QED) is 0.803. The van der Waals surface area contributed by atoms with Crippen LogP contribution in [0.25, 0.3) is 0 Å². The van der Waals surface area contributed by atoms with E-state index in [-0.39, 0.29) is 23.2 Å². The molecule has 2 aromatic rings. The number of carbonyl (C=O) groups is 2. The van der Waals surface area contributed by atoms with Crippen LogP contribution in [-0.2, 0) is 7.05 Å². The molecule has 1 aromatic heterocycles. The number of hydrogen-bond acceptors (Lipinski definition) is 3. The van der Waals surface area contributed by atoms with Crippen molar-refractivity contribution in [2.24, 2.45) is 7.05 Å². The van der Waals surface area contributed by atoms with Gasteiger partial charge in [0.25, 0.3) is 11.5 Å². The van der Waals surface area contributed by atoms with Gasteiger partial charge in [-0.3, -0.25) is 9.59 Å². The van der Waals surface area contributed by atoms with Gasteiger partial charge < -0.3 is 20.5 Å². The van der Waals surface area contributed by atoms with E-state index in [2.05, 4.69) is 16.0 Å². The molecular formula is C17H20N4O3. The lowest BCUT2D eigenvalue weighted by molar-refractivity contribution is 0.102. The first-order chi connectivity index (χ1) is 11.4. The second-order valence-electron chi connectivity index (χ2n) is 5.62. The molecule has 0 atom stereocenters. The van der Waals surface area contributed by atoms with Gasteiger partial charge >= 0.3 is 6.03 Å². The number of hydrogen-bond donors (Lipinski definition) is 3. The summed E-state index contributed by atoms with van der Waals surface area (Å²) in [6.45, 7) is 3.70. The maximum atomic E-state index is 12.3. The highest BCUT2D eigenvalue weighted by molar-refractivity contribution is 6.07. The fourth-order valence-corrected chi connectivity index (χ4v) is 2.01. The Morgan fingerprint density at radius 1 is 1.04 bits per heavy atom. The highest BCUT2D eigenvalue weighted by Gasteiger charge is 2.12. The minimum atomic E-state index is -0.425. The van der Waals surface area contributed by atoms with Gasteiger partial charge in [-0.05, 0) is 32.0 Å². The van der Waals surface area contributed by atoms with E-state index in [1.165, 1.54) is 16.8 Å². The number of aryl methyl sites for hydroxylation is 1. The third-order valence-electron chi connectivity index (χ3n) is 3.21. The predicted molar refractivity (Wildman–Crippen MR) is 93.4 cm³/mol. The number of nitrogens with one attached hydrogen (secondary N) is 3. The Hall–Kier alpha value is -3.09. The summed E-state index contributed by atoms with van der Waals surface area (Å²) in [5.74, 6) is -0.425. The summed E-state index contributed by atoms with van der Waals surface area (Å²) in [5.41, 5.74) is 0.889. The van der Waals surface area contributed by atoms with Crippen molar-refractivity contribution in [3.05, 3.63) is 58.5 Å². The molecule has 0 saturated heterocycles. The van der Waals surface area contributed by atoms with Crippen LogP contribution in [-0.4, -0.2) is 22.5 Å². The predicted octanol–water partition coefficient (Wildman–Crippen LogP) is 2.17. The van der Waals surface area contributed by atoms with Crippen molar-refractivity contribution in [2.45, 2.75) is 19.9 Å². The van der Waals surface area contributed by atoms with Gasteiger partial charge in [0.1, 0.15) is 0 Å². The van der Waals surface area contributed by atoms with Crippen LogP contribution < -0.4 is 21.5 Å². The van der Waals surface area contributed by atoms with Crippen molar-refractivity contribution in [1.29, 1.82) is 0 Å². The second-order valence-corrected chi connectivity index (χ2v) is 5.62. The lowest BCUT2D eigenvalue weighted by atomic mass is 10.2. The topological polar surface area (TPSA) is 92.2 Å². The molecule has 3 amide bonds. The molecule has 7 nitrogen and oxygen atoms in total. The molecule has 1 aromatic carbocycles. The van der Waals surface area contributed by atoms with Gasteiger partial charge in [0, 0.05) is 30.9 Å². The maximum absolute atomic E-state index is 12.3. The van der Waals surface area contributed by atoms with Crippen molar-refractivity contribution in [3.63, 3.8) is 0 Å². The Balaban J connectivity index is 2.17. The molecule has 0 aliphatic carbocycles. The molecule has 2 rings (SSSR count). The van der Waals surface area contributed by atoms with Gasteiger partial charge in [0.05, 0.1) is 11.4 Å². The Morgan fingerprint density at radius 2 is 1.67 bits per heavy atom. The van der Waals surface area contributed by atoms with Crippen LogP contribution in [0.3, 0.4) is 0 Å². The summed E-state index contributed by atoms with van der Waals surface area (Å²) >= 11 is 0. The zero-order valence-electron chi connectivity index (χ0n) is 13.8. The van der Waals surface area contributed by atoms with Gasteiger partial charge in [-0.2, -0.15) is 0 Å². The summed E-state index contributed by atoms with van der Waals surface area (Å²) in [4.78, 5) is 35.8. The molecule has 1 heterocycles. The highest BCUT2D eigenvalue weighted by atomic mass is 16.2. The molecular weight excluding hydrogens is 308 g/mol. The number of nitrogens with zero attached hydrogens (tertiary/aromatic N) is 1. The zero-order valence-corrected chi connectivity index (χ0v) is 13.8. The number of carbonyl (C=O) groups excluding carboxylic acids is 2. The first-order valence-corrected chi connectivity index (χ1v) is 7.51. The largest absolute Gasteiger partial charge is 0.336 e. The highest BCUT2D eigenvalue weighted by Crippen LogP contribution is 2.21.